The molecule has 1 fully saturated rings. The monoisotopic (exact) mass is 217 g/mol. The Morgan fingerprint density at radius 2 is 2.00 bits per heavy atom. The van der Waals surface area contributed by atoms with Gasteiger partial charge >= 0.3 is 5.97 Å². The van der Waals surface area contributed by atoms with Gasteiger partial charge in [0.15, 0.2) is 0 Å². The van der Waals surface area contributed by atoms with E-state index in [-0.39, 0.29) is 11.9 Å². The molecule has 16 heavy (non-hydrogen) atoms. The van der Waals surface area contributed by atoms with Crippen molar-refractivity contribution < 1.29 is 9.53 Å². The highest BCUT2D eigenvalue weighted by Gasteiger charge is 2.31. The zero-order valence-electron chi connectivity index (χ0n) is 9.40. The third-order valence-electron chi connectivity index (χ3n) is 3.33. The zero-order valence-corrected chi connectivity index (χ0v) is 9.40. The highest BCUT2D eigenvalue weighted by Crippen LogP contribution is 2.36. The SMILES string of the molecule is COC(=O)C1C=C2CCCCC2=CC1C#N. The van der Waals surface area contributed by atoms with E-state index >= 15 is 0 Å². The van der Waals surface area contributed by atoms with Crippen LogP contribution in [0.25, 0.3) is 0 Å². The lowest BCUT2D eigenvalue weighted by Crippen LogP contribution is -2.25. The molecule has 0 radical (unpaired) electrons. The van der Waals surface area contributed by atoms with Crippen molar-refractivity contribution in [1.82, 2.24) is 0 Å². The van der Waals surface area contributed by atoms with Crippen molar-refractivity contribution in [2.75, 3.05) is 7.11 Å². The predicted octanol–water partition coefficient (Wildman–Crippen LogP) is 2.36. The maximum Gasteiger partial charge on any atom is 0.314 e. The van der Waals surface area contributed by atoms with E-state index in [1.54, 1.807) is 0 Å². The lowest BCUT2D eigenvalue weighted by molar-refractivity contribution is -0.144. The van der Waals surface area contributed by atoms with Crippen molar-refractivity contribution in [2.24, 2.45) is 11.8 Å². The van der Waals surface area contributed by atoms with Crippen molar-refractivity contribution in [2.45, 2.75) is 25.7 Å². The molecule has 0 aromatic heterocycles. The summed E-state index contributed by atoms with van der Waals surface area (Å²) in [7, 11) is 1.37. The lowest BCUT2D eigenvalue weighted by atomic mass is 9.77. The third-order valence-corrected chi connectivity index (χ3v) is 3.33. The summed E-state index contributed by atoms with van der Waals surface area (Å²) in [4.78, 5) is 11.6. The first-order valence-corrected chi connectivity index (χ1v) is 5.65. The first kappa shape index (κ1) is 10.9. The van der Waals surface area contributed by atoms with Crippen LogP contribution in [0.4, 0.5) is 0 Å². The number of nitrogens with zero attached hydrogens (tertiary/aromatic N) is 1. The number of allylic oxidation sites excluding steroid dienone is 3. The lowest BCUT2D eigenvalue weighted by Gasteiger charge is -2.27. The Hall–Kier alpha value is -1.56. The van der Waals surface area contributed by atoms with Crippen LogP contribution in [0.1, 0.15) is 25.7 Å². The number of carbonyl (C=O) groups excluding carboxylic acids is 1. The summed E-state index contributed by atoms with van der Waals surface area (Å²) >= 11 is 0. The van der Waals surface area contributed by atoms with Gasteiger partial charge in [-0.1, -0.05) is 12.2 Å². The Morgan fingerprint density at radius 3 is 2.56 bits per heavy atom. The fraction of sp³-hybridized carbons (Fsp3) is 0.538. The molecule has 0 heterocycles. The Bertz CT molecular complexity index is 401. The number of fused-ring (bicyclic) bond motifs is 1. The highest BCUT2D eigenvalue weighted by atomic mass is 16.5. The van der Waals surface area contributed by atoms with Gasteiger partial charge in [-0.2, -0.15) is 5.26 Å². The van der Waals surface area contributed by atoms with Crippen molar-refractivity contribution >= 4 is 5.97 Å². The normalized spacial score (nSPS) is 28.2. The first-order valence-electron chi connectivity index (χ1n) is 5.65. The zero-order chi connectivity index (χ0) is 11.5. The van der Waals surface area contributed by atoms with E-state index in [1.165, 1.54) is 31.1 Å². The molecule has 0 N–H and O–H groups in total. The molecule has 0 aromatic carbocycles. The smallest absolute Gasteiger partial charge is 0.314 e. The van der Waals surface area contributed by atoms with Crippen LogP contribution >= 0.6 is 0 Å². The van der Waals surface area contributed by atoms with Crippen molar-refractivity contribution in [3.05, 3.63) is 23.3 Å². The van der Waals surface area contributed by atoms with Crippen molar-refractivity contribution in [3.8, 4) is 6.07 Å². The second kappa shape index (κ2) is 4.52. The Balaban J connectivity index is 2.28. The van der Waals surface area contributed by atoms with Crippen LogP contribution in [-0.2, 0) is 9.53 Å². The van der Waals surface area contributed by atoms with E-state index in [9.17, 15) is 4.79 Å². The van der Waals surface area contributed by atoms with Crippen LogP contribution in [-0.4, -0.2) is 13.1 Å². The van der Waals surface area contributed by atoms with E-state index in [4.69, 9.17) is 10.00 Å². The molecule has 2 rings (SSSR count). The van der Waals surface area contributed by atoms with Gasteiger partial charge in [0.1, 0.15) is 0 Å². The van der Waals surface area contributed by atoms with Crippen LogP contribution in [0.5, 0.6) is 0 Å². The molecule has 2 unspecified atom stereocenters. The van der Waals surface area contributed by atoms with Gasteiger partial charge in [-0.3, -0.25) is 4.79 Å². The van der Waals surface area contributed by atoms with Gasteiger partial charge in [0, 0.05) is 0 Å². The van der Waals surface area contributed by atoms with Crippen molar-refractivity contribution in [3.63, 3.8) is 0 Å². The molecule has 2 atom stereocenters. The standard InChI is InChI=1S/C13H15NO2/c1-16-13(15)12-7-10-5-3-2-4-9(10)6-11(12)8-14/h6-7,11-12H,2-5H2,1H3. The van der Waals surface area contributed by atoms with Gasteiger partial charge < -0.3 is 4.74 Å². The first-order chi connectivity index (χ1) is 7.76. The molecule has 0 aliphatic heterocycles. The van der Waals surface area contributed by atoms with Crippen LogP contribution in [0.3, 0.4) is 0 Å². The second-order valence-corrected chi connectivity index (χ2v) is 4.29. The quantitative estimate of drug-likeness (QED) is 0.633. The topological polar surface area (TPSA) is 50.1 Å². The summed E-state index contributed by atoms with van der Waals surface area (Å²) in [5.41, 5.74) is 2.51. The summed E-state index contributed by atoms with van der Waals surface area (Å²) in [6.45, 7) is 0. The van der Waals surface area contributed by atoms with E-state index in [1.807, 2.05) is 12.2 Å². The number of hydrogen-bond acceptors (Lipinski definition) is 3. The average molecular weight is 217 g/mol. The average Bonchev–Trinajstić information content (AvgIpc) is 2.36. The fourth-order valence-corrected chi connectivity index (χ4v) is 2.44. The predicted molar refractivity (Wildman–Crippen MR) is 59.2 cm³/mol. The molecule has 0 saturated heterocycles. The molecule has 2 aliphatic carbocycles. The minimum atomic E-state index is -0.410. The molecule has 1 saturated carbocycles. The number of rotatable bonds is 1. The number of methoxy groups -OCH3 is 1. The molecule has 0 amide bonds. The third kappa shape index (κ3) is 1.88. The maximum absolute atomic E-state index is 11.6. The molecule has 0 aromatic rings. The van der Waals surface area contributed by atoms with Crippen LogP contribution < -0.4 is 0 Å². The Labute approximate surface area is 95.4 Å². The van der Waals surface area contributed by atoms with Gasteiger partial charge in [-0.25, -0.2) is 0 Å². The van der Waals surface area contributed by atoms with E-state index in [0.717, 1.165) is 12.8 Å². The van der Waals surface area contributed by atoms with Crippen molar-refractivity contribution in [1.29, 1.82) is 5.26 Å². The minimum Gasteiger partial charge on any atom is -0.469 e. The molecule has 0 bridgehead atoms. The van der Waals surface area contributed by atoms with E-state index in [0.29, 0.717) is 0 Å². The summed E-state index contributed by atoms with van der Waals surface area (Å²) in [6.07, 6.45) is 8.32. The molecule has 84 valence electrons. The van der Waals surface area contributed by atoms with Gasteiger partial charge in [-0.15, -0.1) is 0 Å². The Kier molecular flexibility index (Phi) is 3.09. The molecule has 3 heteroatoms. The number of hydrogen-bond donors (Lipinski definition) is 0. The Morgan fingerprint density at radius 1 is 1.38 bits per heavy atom. The molecule has 3 nitrogen and oxygen atoms in total. The molecule has 2 aliphatic rings. The largest absolute Gasteiger partial charge is 0.469 e. The van der Waals surface area contributed by atoms with Gasteiger partial charge in [-0.05, 0) is 36.8 Å². The van der Waals surface area contributed by atoms with Gasteiger partial charge in [0.25, 0.3) is 0 Å². The summed E-state index contributed by atoms with van der Waals surface area (Å²) in [5.74, 6) is -1.07. The number of carbonyl (C=O) groups is 1. The van der Waals surface area contributed by atoms with Crippen LogP contribution in [0.15, 0.2) is 23.3 Å². The van der Waals surface area contributed by atoms with E-state index in [2.05, 4.69) is 6.07 Å². The van der Waals surface area contributed by atoms with Gasteiger partial charge in [0.05, 0.1) is 25.0 Å². The van der Waals surface area contributed by atoms with Crippen LogP contribution in [0.2, 0.25) is 0 Å². The van der Waals surface area contributed by atoms with Gasteiger partial charge in [0.2, 0.25) is 0 Å². The van der Waals surface area contributed by atoms with E-state index < -0.39 is 5.92 Å². The molecule has 0 spiro atoms. The number of ether oxygens (including phenoxy) is 1. The second-order valence-electron chi connectivity index (χ2n) is 4.29. The minimum absolute atomic E-state index is 0.306. The summed E-state index contributed by atoms with van der Waals surface area (Å²) in [5, 5.41) is 9.06. The number of esters is 1. The maximum atomic E-state index is 11.6. The highest BCUT2D eigenvalue weighted by molar-refractivity contribution is 5.76. The summed E-state index contributed by atoms with van der Waals surface area (Å²) < 4.78 is 4.74. The van der Waals surface area contributed by atoms with Crippen LogP contribution in [0, 0.1) is 23.2 Å². The number of nitriles is 1. The molecular formula is C13H15NO2. The fourth-order valence-electron chi connectivity index (χ4n) is 2.44. The summed E-state index contributed by atoms with van der Waals surface area (Å²) in [6, 6.07) is 2.18. The molecular weight excluding hydrogens is 202 g/mol.